The lowest BCUT2D eigenvalue weighted by molar-refractivity contribution is -0.386. The lowest BCUT2D eigenvalue weighted by atomic mass is 10.2. The zero-order valence-electron chi connectivity index (χ0n) is 15.4. The first-order chi connectivity index (χ1) is 12.4. The first-order valence-electron chi connectivity index (χ1n) is 8.95. The van der Waals surface area contributed by atoms with Gasteiger partial charge in [-0.3, -0.25) is 10.1 Å². The molecule has 0 N–H and O–H groups in total. The summed E-state index contributed by atoms with van der Waals surface area (Å²) in [5.74, 6) is 0.0471. The molecule has 1 aromatic carbocycles. The fourth-order valence-corrected chi connectivity index (χ4v) is 4.52. The van der Waals surface area contributed by atoms with Crippen LogP contribution in [-0.2, 0) is 10.0 Å². The summed E-state index contributed by atoms with van der Waals surface area (Å²) >= 11 is 0. The molecule has 0 atom stereocenters. The molecule has 146 valence electrons. The van der Waals surface area contributed by atoms with Gasteiger partial charge in [0.25, 0.3) is 0 Å². The second-order valence-corrected chi connectivity index (χ2v) is 8.34. The summed E-state index contributed by atoms with van der Waals surface area (Å²) in [6.07, 6.45) is 4.75. The van der Waals surface area contributed by atoms with Gasteiger partial charge in [0.15, 0.2) is 5.75 Å². The number of benzene rings is 1. The summed E-state index contributed by atoms with van der Waals surface area (Å²) in [4.78, 5) is 12.7. The molecular formula is C17H27N3O5S. The summed E-state index contributed by atoms with van der Waals surface area (Å²) in [6, 6.07) is 3.76. The molecule has 0 unspecified atom stereocenters. The van der Waals surface area contributed by atoms with Gasteiger partial charge >= 0.3 is 5.69 Å². The molecule has 0 radical (unpaired) electrons. The quantitative estimate of drug-likeness (QED) is 0.368. The van der Waals surface area contributed by atoms with Crippen molar-refractivity contribution in [1.29, 1.82) is 0 Å². The van der Waals surface area contributed by atoms with Crippen molar-refractivity contribution < 1.29 is 18.1 Å². The maximum absolute atomic E-state index is 12.8. The summed E-state index contributed by atoms with van der Waals surface area (Å²) in [5.41, 5.74) is -0.344. The van der Waals surface area contributed by atoms with Gasteiger partial charge in [-0.15, -0.1) is 0 Å². The maximum atomic E-state index is 12.8. The minimum atomic E-state index is -3.75. The average Bonchev–Trinajstić information content (AvgIpc) is 2.65. The lowest BCUT2D eigenvalue weighted by Gasteiger charge is -2.34. The number of nitro benzene ring substituents is 1. The van der Waals surface area contributed by atoms with Crippen LogP contribution in [0.1, 0.15) is 32.6 Å². The molecule has 1 aromatic rings. The van der Waals surface area contributed by atoms with Gasteiger partial charge in [0.1, 0.15) is 0 Å². The number of hydrogen-bond donors (Lipinski definition) is 0. The zero-order valence-corrected chi connectivity index (χ0v) is 16.2. The van der Waals surface area contributed by atoms with Crippen LogP contribution < -0.4 is 4.74 Å². The van der Waals surface area contributed by atoms with E-state index in [2.05, 4.69) is 11.8 Å². The highest BCUT2D eigenvalue weighted by molar-refractivity contribution is 7.89. The van der Waals surface area contributed by atoms with Gasteiger partial charge in [-0.2, -0.15) is 4.31 Å². The molecular weight excluding hydrogens is 358 g/mol. The van der Waals surface area contributed by atoms with E-state index in [9.17, 15) is 18.5 Å². The van der Waals surface area contributed by atoms with E-state index in [0.717, 1.165) is 19.0 Å². The topological polar surface area (TPSA) is 93.0 Å². The molecule has 2 rings (SSSR count). The van der Waals surface area contributed by atoms with E-state index in [1.165, 1.54) is 42.8 Å². The van der Waals surface area contributed by atoms with Crippen LogP contribution in [0.4, 0.5) is 5.69 Å². The Morgan fingerprint density at radius 1 is 1.15 bits per heavy atom. The smallest absolute Gasteiger partial charge is 0.312 e. The van der Waals surface area contributed by atoms with E-state index in [1.54, 1.807) is 0 Å². The number of ether oxygens (including phenoxy) is 1. The number of rotatable bonds is 9. The van der Waals surface area contributed by atoms with Crippen molar-refractivity contribution in [3.8, 4) is 5.75 Å². The highest BCUT2D eigenvalue weighted by atomic mass is 32.2. The van der Waals surface area contributed by atoms with E-state index in [4.69, 9.17) is 4.74 Å². The van der Waals surface area contributed by atoms with Gasteiger partial charge < -0.3 is 9.64 Å². The van der Waals surface area contributed by atoms with E-state index in [-0.39, 0.29) is 16.3 Å². The zero-order chi connectivity index (χ0) is 19.2. The van der Waals surface area contributed by atoms with Crippen LogP contribution in [0.5, 0.6) is 5.75 Å². The van der Waals surface area contributed by atoms with Crippen molar-refractivity contribution in [3.63, 3.8) is 0 Å². The molecule has 1 aliphatic heterocycles. The highest BCUT2D eigenvalue weighted by Gasteiger charge is 2.30. The van der Waals surface area contributed by atoms with Gasteiger partial charge in [0.05, 0.1) is 16.9 Å². The fourth-order valence-electron chi connectivity index (χ4n) is 3.08. The largest absolute Gasteiger partial charge is 0.490 e. The monoisotopic (exact) mass is 385 g/mol. The summed E-state index contributed by atoms with van der Waals surface area (Å²) in [6.45, 7) is 5.33. The first-order valence-corrected chi connectivity index (χ1v) is 10.4. The molecule has 0 saturated carbocycles. The van der Waals surface area contributed by atoms with Gasteiger partial charge in [-0.1, -0.05) is 26.2 Å². The van der Waals surface area contributed by atoms with Crippen LogP contribution in [0.25, 0.3) is 0 Å². The summed E-state index contributed by atoms with van der Waals surface area (Å²) in [5, 5.41) is 11.1. The van der Waals surface area contributed by atoms with Crippen LogP contribution >= 0.6 is 0 Å². The molecule has 1 aliphatic rings. The minimum absolute atomic E-state index is 0.0471. The van der Waals surface area contributed by atoms with E-state index in [0.29, 0.717) is 26.2 Å². The van der Waals surface area contributed by atoms with Crippen LogP contribution in [0.3, 0.4) is 0 Å². The van der Waals surface area contributed by atoms with Crippen LogP contribution in [0.15, 0.2) is 23.1 Å². The van der Waals surface area contributed by atoms with Gasteiger partial charge in [0, 0.05) is 32.2 Å². The number of methoxy groups -OCH3 is 1. The maximum Gasteiger partial charge on any atom is 0.312 e. The second-order valence-electron chi connectivity index (χ2n) is 6.40. The predicted molar refractivity (Wildman–Crippen MR) is 99.0 cm³/mol. The minimum Gasteiger partial charge on any atom is -0.490 e. The Labute approximate surface area is 154 Å². The van der Waals surface area contributed by atoms with Crippen LogP contribution in [0, 0.1) is 10.1 Å². The molecule has 26 heavy (non-hydrogen) atoms. The molecule has 0 aliphatic carbocycles. The van der Waals surface area contributed by atoms with Crippen LogP contribution in [0.2, 0.25) is 0 Å². The average molecular weight is 385 g/mol. The first kappa shape index (κ1) is 20.6. The van der Waals surface area contributed by atoms with E-state index < -0.39 is 14.9 Å². The van der Waals surface area contributed by atoms with Gasteiger partial charge in [-0.25, -0.2) is 8.42 Å². The normalized spacial score (nSPS) is 16.5. The number of piperazine rings is 1. The summed E-state index contributed by atoms with van der Waals surface area (Å²) < 4.78 is 32.0. The number of hydrogen-bond acceptors (Lipinski definition) is 6. The molecule has 0 spiro atoms. The van der Waals surface area contributed by atoms with Crippen molar-refractivity contribution in [1.82, 2.24) is 9.21 Å². The van der Waals surface area contributed by atoms with Crippen LogP contribution in [-0.4, -0.2) is 62.4 Å². The fraction of sp³-hybridized carbons (Fsp3) is 0.647. The third kappa shape index (κ3) is 4.93. The molecule has 0 aromatic heterocycles. The molecule has 0 amide bonds. The van der Waals surface area contributed by atoms with Crippen molar-refractivity contribution in [3.05, 3.63) is 28.3 Å². The Morgan fingerprint density at radius 2 is 1.85 bits per heavy atom. The molecule has 1 heterocycles. The highest BCUT2D eigenvalue weighted by Crippen LogP contribution is 2.30. The second kappa shape index (κ2) is 9.29. The predicted octanol–water partition coefficient (Wildman–Crippen LogP) is 2.49. The van der Waals surface area contributed by atoms with E-state index >= 15 is 0 Å². The van der Waals surface area contributed by atoms with E-state index in [1.807, 2.05) is 0 Å². The molecule has 9 heteroatoms. The lowest BCUT2D eigenvalue weighted by Crippen LogP contribution is -2.48. The standard InChI is InChI=1S/C17H27N3O5S/c1-3-4-5-6-9-18-10-12-19(13-11-18)26(23,24)15-7-8-17(25-2)16(14-15)20(21)22/h7-8,14H,3-6,9-13H2,1-2H3. The Bertz CT molecular complexity index is 715. The Morgan fingerprint density at radius 3 is 2.42 bits per heavy atom. The molecule has 1 saturated heterocycles. The van der Waals surface area contributed by atoms with Crippen molar-refractivity contribution >= 4 is 15.7 Å². The third-order valence-corrected chi connectivity index (χ3v) is 6.54. The van der Waals surface area contributed by atoms with Gasteiger partial charge in [-0.05, 0) is 25.1 Å². The number of unbranched alkanes of at least 4 members (excludes halogenated alkanes) is 3. The van der Waals surface area contributed by atoms with Crippen molar-refractivity contribution in [2.24, 2.45) is 0 Å². The molecule has 0 bridgehead atoms. The third-order valence-electron chi connectivity index (χ3n) is 4.64. The van der Waals surface area contributed by atoms with Gasteiger partial charge in [0.2, 0.25) is 10.0 Å². The molecule has 8 nitrogen and oxygen atoms in total. The summed E-state index contributed by atoms with van der Waals surface area (Å²) in [7, 11) is -2.43. The van der Waals surface area contributed by atoms with Crippen molar-refractivity contribution in [2.45, 2.75) is 37.5 Å². The molecule has 1 fully saturated rings. The Hall–Kier alpha value is -1.71. The number of nitro groups is 1. The Kier molecular flexibility index (Phi) is 7.36. The SMILES string of the molecule is CCCCCCN1CCN(S(=O)(=O)c2ccc(OC)c([N+](=O)[O-])c2)CC1. The number of nitrogens with zero attached hydrogens (tertiary/aromatic N) is 3. The Balaban J connectivity index is 2.03. The van der Waals surface area contributed by atoms with Crippen molar-refractivity contribution in [2.75, 3.05) is 39.8 Å². The number of sulfonamides is 1.